The summed E-state index contributed by atoms with van der Waals surface area (Å²) in [5.41, 5.74) is 0. The van der Waals surface area contributed by atoms with Crippen LogP contribution in [0.4, 0.5) is 0 Å². The van der Waals surface area contributed by atoms with Crippen LogP contribution in [-0.4, -0.2) is 29.8 Å². The third kappa shape index (κ3) is 0.892. The number of hydrogen-bond donors (Lipinski definition) is 2. The molecular weight excluding hydrogens is 160 g/mol. The van der Waals surface area contributed by atoms with Gasteiger partial charge in [-0.2, -0.15) is 9.50 Å². The first-order chi connectivity index (χ1) is 5.81. The van der Waals surface area contributed by atoms with Crippen molar-refractivity contribution in [2.24, 2.45) is 0 Å². The maximum atomic E-state index is 9.22. The number of aliphatic hydroxyl groups excluding tert-OH is 1. The Labute approximate surface area is 67.1 Å². The minimum Gasteiger partial charge on any atom is -0.493 e. The molecule has 6 heteroatoms. The third-order valence-electron chi connectivity index (χ3n) is 1.41. The molecule has 0 bridgehead atoms. The fourth-order valence-electron chi connectivity index (χ4n) is 0.891. The van der Waals surface area contributed by atoms with Gasteiger partial charge in [0.15, 0.2) is 5.82 Å². The second-order valence-electron chi connectivity index (χ2n) is 2.20. The lowest BCUT2D eigenvalue weighted by molar-refractivity contribution is 0.271. The molecule has 0 atom stereocenters. The first-order valence-corrected chi connectivity index (χ1v) is 3.32. The minimum absolute atomic E-state index is 0.0489. The van der Waals surface area contributed by atoms with Crippen molar-refractivity contribution in [2.75, 3.05) is 0 Å². The Morgan fingerprint density at radius 3 is 3.00 bits per heavy atom. The number of aromatic nitrogens is 4. The molecule has 0 saturated carbocycles. The predicted octanol–water partition coefficient (Wildman–Crippen LogP) is -0.678. The highest BCUT2D eigenvalue weighted by molar-refractivity contribution is 5.30. The van der Waals surface area contributed by atoms with E-state index in [2.05, 4.69) is 15.1 Å². The zero-order valence-electron chi connectivity index (χ0n) is 6.05. The Hall–Kier alpha value is -1.69. The molecule has 2 aromatic rings. The van der Waals surface area contributed by atoms with Gasteiger partial charge in [0, 0.05) is 12.3 Å². The second kappa shape index (κ2) is 2.42. The number of hydrogen-bond acceptors (Lipinski definition) is 5. The summed E-state index contributed by atoms with van der Waals surface area (Å²) >= 11 is 0. The quantitative estimate of drug-likeness (QED) is 0.586. The van der Waals surface area contributed by atoms with E-state index in [-0.39, 0.29) is 24.1 Å². The molecule has 0 radical (unpaired) electrons. The molecule has 0 aliphatic heterocycles. The Balaban J connectivity index is 2.74. The van der Waals surface area contributed by atoms with Crippen molar-refractivity contribution in [3.05, 3.63) is 18.1 Å². The van der Waals surface area contributed by atoms with Gasteiger partial charge in [-0.15, -0.1) is 5.10 Å². The lowest BCUT2D eigenvalue weighted by Gasteiger charge is -1.91. The fourth-order valence-corrected chi connectivity index (χ4v) is 0.891. The Morgan fingerprint density at radius 1 is 1.50 bits per heavy atom. The van der Waals surface area contributed by atoms with Gasteiger partial charge in [0.1, 0.15) is 6.61 Å². The van der Waals surface area contributed by atoms with Crippen molar-refractivity contribution in [3.8, 4) is 5.88 Å². The highest BCUT2D eigenvalue weighted by atomic mass is 16.3. The van der Waals surface area contributed by atoms with Gasteiger partial charge in [-0.05, 0) is 0 Å². The summed E-state index contributed by atoms with van der Waals surface area (Å²) in [4.78, 5) is 7.65. The van der Waals surface area contributed by atoms with E-state index in [4.69, 9.17) is 5.11 Å². The Bertz CT molecular complexity index is 411. The van der Waals surface area contributed by atoms with E-state index in [0.29, 0.717) is 0 Å². The van der Waals surface area contributed by atoms with E-state index in [0.717, 1.165) is 4.52 Å². The fraction of sp³-hybridized carbons (Fsp3) is 0.167. The second-order valence-corrected chi connectivity index (χ2v) is 2.20. The summed E-state index contributed by atoms with van der Waals surface area (Å²) in [6, 6.07) is 1.39. The molecule has 0 aliphatic carbocycles. The maximum absolute atomic E-state index is 9.22. The largest absolute Gasteiger partial charge is 0.493 e. The van der Waals surface area contributed by atoms with Crippen LogP contribution in [0.5, 0.6) is 5.88 Å². The molecule has 12 heavy (non-hydrogen) atoms. The Morgan fingerprint density at radius 2 is 2.33 bits per heavy atom. The highest BCUT2D eigenvalue weighted by Crippen LogP contribution is 2.07. The first-order valence-electron chi connectivity index (χ1n) is 3.32. The van der Waals surface area contributed by atoms with Crippen molar-refractivity contribution in [3.63, 3.8) is 0 Å². The van der Waals surface area contributed by atoms with E-state index in [1.165, 1.54) is 12.3 Å². The van der Waals surface area contributed by atoms with Crippen molar-refractivity contribution >= 4 is 5.78 Å². The normalized spacial score (nSPS) is 10.8. The summed E-state index contributed by atoms with van der Waals surface area (Å²) in [5.74, 6) is 0.468. The average Bonchev–Trinajstić information content (AvgIpc) is 2.49. The number of aromatic hydroxyl groups is 1. The number of fused-ring (bicyclic) bond motifs is 1. The maximum Gasteiger partial charge on any atom is 0.255 e. The predicted molar refractivity (Wildman–Crippen MR) is 38.4 cm³/mol. The summed E-state index contributed by atoms with van der Waals surface area (Å²) < 4.78 is 1.16. The molecule has 0 spiro atoms. The average molecular weight is 166 g/mol. The van der Waals surface area contributed by atoms with Crippen LogP contribution in [0.3, 0.4) is 0 Å². The molecule has 0 fully saturated rings. The van der Waals surface area contributed by atoms with E-state index in [1.807, 2.05) is 0 Å². The van der Waals surface area contributed by atoms with Crippen LogP contribution >= 0.6 is 0 Å². The van der Waals surface area contributed by atoms with Crippen LogP contribution in [0.15, 0.2) is 12.3 Å². The van der Waals surface area contributed by atoms with Gasteiger partial charge in [-0.25, -0.2) is 4.98 Å². The van der Waals surface area contributed by atoms with E-state index >= 15 is 0 Å². The van der Waals surface area contributed by atoms with Crippen LogP contribution in [0.1, 0.15) is 5.82 Å². The monoisotopic (exact) mass is 166 g/mol. The lowest BCUT2D eigenvalue weighted by atomic mass is 10.6. The molecule has 62 valence electrons. The highest BCUT2D eigenvalue weighted by Gasteiger charge is 2.05. The van der Waals surface area contributed by atoms with Crippen LogP contribution < -0.4 is 0 Å². The van der Waals surface area contributed by atoms with Crippen LogP contribution in [0, 0.1) is 0 Å². The van der Waals surface area contributed by atoms with E-state index in [9.17, 15) is 5.11 Å². The van der Waals surface area contributed by atoms with Crippen molar-refractivity contribution in [1.29, 1.82) is 0 Å². The van der Waals surface area contributed by atoms with Gasteiger partial charge in [0.25, 0.3) is 5.78 Å². The molecule has 2 heterocycles. The van der Waals surface area contributed by atoms with E-state index in [1.54, 1.807) is 0 Å². The zero-order valence-corrected chi connectivity index (χ0v) is 6.05. The lowest BCUT2D eigenvalue weighted by Crippen LogP contribution is -1.90. The summed E-state index contributed by atoms with van der Waals surface area (Å²) in [7, 11) is 0. The Kier molecular flexibility index (Phi) is 1.41. The van der Waals surface area contributed by atoms with Crippen molar-refractivity contribution in [2.45, 2.75) is 6.61 Å². The molecule has 0 aromatic carbocycles. The van der Waals surface area contributed by atoms with Gasteiger partial charge in [0.2, 0.25) is 5.88 Å². The minimum atomic E-state index is -0.261. The SMILES string of the molecule is OCc1nc2nccc(O)n2n1. The van der Waals surface area contributed by atoms with Crippen LogP contribution in [0.2, 0.25) is 0 Å². The molecule has 0 saturated heterocycles. The van der Waals surface area contributed by atoms with Crippen LogP contribution in [0.25, 0.3) is 5.78 Å². The van der Waals surface area contributed by atoms with Crippen molar-refractivity contribution < 1.29 is 10.2 Å². The molecule has 6 nitrogen and oxygen atoms in total. The topological polar surface area (TPSA) is 83.5 Å². The van der Waals surface area contributed by atoms with E-state index < -0.39 is 0 Å². The number of aliphatic hydroxyl groups is 1. The first kappa shape index (κ1) is 6.99. The molecule has 2 aromatic heterocycles. The number of nitrogens with zero attached hydrogens (tertiary/aromatic N) is 4. The van der Waals surface area contributed by atoms with Gasteiger partial charge >= 0.3 is 0 Å². The standard InChI is InChI=1S/C6H6N4O2/c11-3-4-8-6-7-2-1-5(12)10(6)9-4/h1-2,11-12H,3H2. The van der Waals surface area contributed by atoms with Gasteiger partial charge in [-0.1, -0.05) is 0 Å². The third-order valence-corrected chi connectivity index (χ3v) is 1.41. The van der Waals surface area contributed by atoms with Crippen molar-refractivity contribution in [1.82, 2.24) is 19.6 Å². The van der Waals surface area contributed by atoms with Crippen LogP contribution in [-0.2, 0) is 6.61 Å². The summed E-state index contributed by atoms with van der Waals surface area (Å²) in [6.07, 6.45) is 1.42. The molecule has 0 aliphatic rings. The van der Waals surface area contributed by atoms with Gasteiger partial charge < -0.3 is 10.2 Å². The van der Waals surface area contributed by atoms with Gasteiger partial charge in [-0.3, -0.25) is 0 Å². The molecule has 0 unspecified atom stereocenters. The smallest absolute Gasteiger partial charge is 0.255 e. The molecular formula is C6H6N4O2. The summed E-state index contributed by atoms with van der Waals surface area (Å²) in [6.45, 7) is -0.261. The zero-order chi connectivity index (χ0) is 8.55. The molecule has 2 N–H and O–H groups in total. The van der Waals surface area contributed by atoms with Gasteiger partial charge in [0.05, 0.1) is 0 Å². The molecule has 0 amide bonds. The number of rotatable bonds is 1. The summed E-state index contributed by atoms with van der Waals surface area (Å²) in [5, 5.41) is 21.7. The molecule has 2 rings (SSSR count).